The van der Waals surface area contributed by atoms with Crippen LogP contribution in [0, 0.1) is 0 Å². The van der Waals surface area contributed by atoms with Gasteiger partial charge in [-0.15, -0.1) is 0 Å². The number of nitrogens with two attached hydrogens (primary N) is 1. The van der Waals surface area contributed by atoms with Crippen molar-refractivity contribution in [3.8, 4) is 0 Å². The summed E-state index contributed by atoms with van der Waals surface area (Å²) in [5.41, 5.74) is 6.95. The zero-order chi connectivity index (χ0) is 14.3. The van der Waals surface area contributed by atoms with Crippen molar-refractivity contribution in [3.05, 3.63) is 29.8 Å². The normalized spacial score (nSPS) is 11.7. The summed E-state index contributed by atoms with van der Waals surface area (Å²) in [7, 11) is 1.57. The minimum Gasteiger partial charge on any atom is -0.355 e. The molecule has 0 saturated heterocycles. The van der Waals surface area contributed by atoms with E-state index in [0.717, 1.165) is 5.75 Å². The summed E-state index contributed by atoms with van der Waals surface area (Å²) in [6, 6.07) is 6.17. The van der Waals surface area contributed by atoms with E-state index in [4.69, 9.17) is 5.73 Å². The van der Waals surface area contributed by atoms with Crippen molar-refractivity contribution in [1.82, 2.24) is 5.32 Å². The number of carbonyl (C=O) groups excluding carboxylic acids is 2. The van der Waals surface area contributed by atoms with Crippen molar-refractivity contribution >= 4 is 29.3 Å². The van der Waals surface area contributed by atoms with E-state index in [1.807, 2.05) is 6.26 Å². The van der Waals surface area contributed by atoms with Gasteiger partial charge in [-0.2, -0.15) is 11.8 Å². The standard InChI is InChI=1S/C13H19N3O2S/c1-15-12(17)9-3-5-10(6-4-9)16-13(18)11(14)7-8-19-2/h3-6,11H,7-8,14H2,1-2H3,(H,15,17)(H,16,18)/t11-/m0/s1. The molecule has 0 radical (unpaired) electrons. The summed E-state index contributed by atoms with van der Waals surface area (Å²) in [4.78, 5) is 23.1. The Kier molecular flexibility index (Phi) is 6.38. The summed E-state index contributed by atoms with van der Waals surface area (Å²) >= 11 is 1.66. The molecule has 0 aliphatic rings. The molecule has 0 aliphatic heterocycles. The van der Waals surface area contributed by atoms with E-state index in [2.05, 4.69) is 10.6 Å². The van der Waals surface area contributed by atoms with Crippen molar-refractivity contribution in [2.45, 2.75) is 12.5 Å². The lowest BCUT2D eigenvalue weighted by Gasteiger charge is -2.11. The van der Waals surface area contributed by atoms with Crippen LogP contribution in [0.4, 0.5) is 5.69 Å². The van der Waals surface area contributed by atoms with Crippen LogP contribution in [-0.4, -0.2) is 36.9 Å². The lowest BCUT2D eigenvalue weighted by molar-refractivity contribution is -0.117. The van der Waals surface area contributed by atoms with Crippen LogP contribution in [-0.2, 0) is 4.79 Å². The van der Waals surface area contributed by atoms with Crippen molar-refractivity contribution in [1.29, 1.82) is 0 Å². The number of anilines is 1. The van der Waals surface area contributed by atoms with Gasteiger partial charge in [-0.1, -0.05) is 0 Å². The van der Waals surface area contributed by atoms with E-state index in [0.29, 0.717) is 17.7 Å². The zero-order valence-electron chi connectivity index (χ0n) is 11.1. The fraction of sp³-hybridized carbons (Fsp3) is 0.385. The monoisotopic (exact) mass is 281 g/mol. The maximum Gasteiger partial charge on any atom is 0.251 e. The largest absolute Gasteiger partial charge is 0.355 e. The minimum absolute atomic E-state index is 0.158. The molecule has 0 heterocycles. The third-order valence-corrected chi connectivity index (χ3v) is 3.26. The molecule has 5 nitrogen and oxygen atoms in total. The molecule has 4 N–H and O–H groups in total. The van der Waals surface area contributed by atoms with Gasteiger partial charge < -0.3 is 16.4 Å². The van der Waals surface area contributed by atoms with Crippen LogP contribution in [0.1, 0.15) is 16.8 Å². The van der Waals surface area contributed by atoms with Crippen LogP contribution in [0.3, 0.4) is 0 Å². The third kappa shape index (κ3) is 4.92. The van der Waals surface area contributed by atoms with Gasteiger partial charge in [0.05, 0.1) is 6.04 Å². The van der Waals surface area contributed by atoms with E-state index in [9.17, 15) is 9.59 Å². The van der Waals surface area contributed by atoms with Crippen LogP contribution in [0.5, 0.6) is 0 Å². The van der Waals surface area contributed by atoms with Gasteiger partial charge in [0, 0.05) is 18.3 Å². The maximum atomic E-state index is 11.8. The zero-order valence-corrected chi connectivity index (χ0v) is 11.9. The number of amides is 2. The van der Waals surface area contributed by atoms with Crippen molar-refractivity contribution in [2.24, 2.45) is 5.73 Å². The average molecular weight is 281 g/mol. The fourth-order valence-corrected chi connectivity index (χ4v) is 1.95. The van der Waals surface area contributed by atoms with E-state index in [1.54, 1.807) is 43.1 Å². The van der Waals surface area contributed by atoms with Gasteiger partial charge in [0.2, 0.25) is 5.91 Å². The van der Waals surface area contributed by atoms with E-state index in [1.165, 1.54) is 0 Å². The van der Waals surface area contributed by atoms with Crippen LogP contribution < -0.4 is 16.4 Å². The lowest BCUT2D eigenvalue weighted by Crippen LogP contribution is -2.36. The number of rotatable bonds is 6. The second kappa shape index (κ2) is 7.81. The number of nitrogens with one attached hydrogen (secondary N) is 2. The van der Waals surface area contributed by atoms with Gasteiger partial charge in [-0.05, 0) is 42.7 Å². The molecular weight excluding hydrogens is 262 g/mol. The van der Waals surface area contributed by atoms with Crippen molar-refractivity contribution < 1.29 is 9.59 Å². The Morgan fingerprint density at radius 3 is 2.47 bits per heavy atom. The number of carbonyl (C=O) groups is 2. The van der Waals surface area contributed by atoms with Crippen LogP contribution in [0.25, 0.3) is 0 Å². The molecule has 1 atom stereocenters. The first-order valence-corrected chi connectivity index (χ1v) is 7.35. The van der Waals surface area contributed by atoms with Crippen LogP contribution >= 0.6 is 11.8 Å². The Labute approximate surface area is 117 Å². The topological polar surface area (TPSA) is 84.2 Å². The van der Waals surface area contributed by atoms with E-state index in [-0.39, 0.29) is 11.8 Å². The first kappa shape index (κ1) is 15.5. The second-order valence-corrected chi connectivity index (χ2v) is 5.02. The molecule has 6 heteroatoms. The molecule has 1 aromatic carbocycles. The first-order valence-electron chi connectivity index (χ1n) is 5.96. The molecule has 0 aliphatic carbocycles. The molecule has 0 spiro atoms. The molecule has 0 aromatic heterocycles. The Morgan fingerprint density at radius 2 is 1.95 bits per heavy atom. The predicted molar refractivity (Wildman–Crippen MR) is 79.4 cm³/mol. The minimum atomic E-state index is -0.508. The van der Waals surface area contributed by atoms with Crippen LogP contribution in [0.15, 0.2) is 24.3 Å². The van der Waals surface area contributed by atoms with Gasteiger partial charge in [-0.3, -0.25) is 9.59 Å². The molecule has 1 rings (SSSR count). The fourth-order valence-electron chi connectivity index (χ4n) is 1.46. The Hall–Kier alpha value is -1.53. The number of thioether (sulfide) groups is 1. The smallest absolute Gasteiger partial charge is 0.251 e. The highest BCUT2D eigenvalue weighted by Gasteiger charge is 2.13. The summed E-state index contributed by atoms with van der Waals surface area (Å²) in [5, 5.41) is 5.26. The highest BCUT2D eigenvalue weighted by Crippen LogP contribution is 2.10. The van der Waals surface area contributed by atoms with Gasteiger partial charge in [0.15, 0.2) is 0 Å². The maximum absolute atomic E-state index is 11.8. The van der Waals surface area contributed by atoms with E-state index >= 15 is 0 Å². The van der Waals surface area contributed by atoms with Gasteiger partial charge in [0.1, 0.15) is 0 Å². The molecule has 0 unspecified atom stereocenters. The molecule has 0 saturated carbocycles. The molecule has 104 valence electrons. The number of hydrogen-bond donors (Lipinski definition) is 3. The predicted octanol–water partition coefficient (Wildman–Crippen LogP) is 1.07. The summed E-state index contributed by atoms with van der Waals surface area (Å²) in [6.45, 7) is 0. The summed E-state index contributed by atoms with van der Waals surface area (Å²) in [5.74, 6) is 0.487. The number of hydrogen-bond acceptors (Lipinski definition) is 4. The molecular formula is C13H19N3O2S. The average Bonchev–Trinajstić information content (AvgIpc) is 2.44. The molecule has 0 fully saturated rings. The van der Waals surface area contributed by atoms with Gasteiger partial charge in [-0.25, -0.2) is 0 Å². The van der Waals surface area contributed by atoms with Crippen LogP contribution in [0.2, 0.25) is 0 Å². The molecule has 1 aromatic rings. The van der Waals surface area contributed by atoms with Gasteiger partial charge >= 0.3 is 0 Å². The SMILES string of the molecule is CNC(=O)c1ccc(NC(=O)[C@@H](N)CCSC)cc1. The third-order valence-electron chi connectivity index (χ3n) is 2.61. The summed E-state index contributed by atoms with van der Waals surface area (Å²) < 4.78 is 0. The van der Waals surface area contributed by atoms with Crippen molar-refractivity contribution in [3.63, 3.8) is 0 Å². The Morgan fingerprint density at radius 1 is 1.32 bits per heavy atom. The van der Waals surface area contributed by atoms with Crippen molar-refractivity contribution in [2.75, 3.05) is 24.4 Å². The quantitative estimate of drug-likeness (QED) is 0.728. The molecule has 19 heavy (non-hydrogen) atoms. The highest BCUT2D eigenvalue weighted by atomic mass is 32.2. The molecule has 2 amide bonds. The first-order chi connectivity index (χ1) is 9.08. The lowest BCUT2D eigenvalue weighted by atomic mass is 10.2. The molecule has 0 bridgehead atoms. The highest BCUT2D eigenvalue weighted by molar-refractivity contribution is 7.98. The second-order valence-electron chi connectivity index (χ2n) is 4.03. The Balaban J connectivity index is 2.57. The number of benzene rings is 1. The summed E-state index contributed by atoms with van der Waals surface area (Å²) in [6.07, 6.45) is 2.62. The van der Waals surface area contributed by atoms with E-state index < -0.39 is 6.04 Å². The van der Waals surface area contributed by atoms with Gasteiger partial charge in [0.25, 0.3) is 5.91 Å². The Bertz CT molecular complexity index is 434.